The molecule has 2 heterocycles. The van der Waals surface area contributed by atoms with Crippen molar-refractivity contribution in [1.29, 1.82) is 0 Å². The predicted octanol–water partition coefficient (Wildman–Crippen LogP) is 2.09. The van der Waals surface area contributed by atoms with E-state index in [1.54, 1.807) is 11.3 Å². The average molecular weight is 290 g/mol. The molecule has 2 aromatic rings. The van der Waals surface area contributed by atoms with Gasteiger partial charge in [-0.3, -0.25) is 9.78 Å². The van der Waals surface area contributed by atoms with Crippen LogP contribution < -0.4 is 5.32 Å². The summed E-state index contributed by atoms with van der Waals surface area (Å²) < 4.78 is 0. The number of rotatable bonds is 6. The lowest BCUT2D eigenvalue weighted by Crippen LogP contribution is -2.23. The summed E-state index contributed by atoms with van der Waals surface area (Å²) in [6.07, 6.45) is 2.56. The van der Waals surface area contributed by atoms with Gasteiger partial charge >= 0.3 is 5.97 Å². The maximum atomic E-state index is 11.7. The van der Waals surface area contributed by atoms with Crippen molar-refractivity contribution in [2.45, 2.75) is 19.4 Å². The molecule has 0 saturated carbocycles. The number of pyridine rings is 1. The Morgan fingerprint density at radius 2 is 2.20 bits per heavy atom. The Balaban J connectivity index is 1.81. The number of nitrogens with one attached hydrogen (secondary N) is 1. The third kappa shape index (κ3) is 4.17. The Bertz CT molecular complexity index is 596. The fourth-order valence-electron chi connectivity index (χ4n) is 1.68. The summed E-state index contributed by atoms with van der Waals surface area (Å²) >= 11 is 1.63. The quantitative estimate of drug-likeness (QED) is 0.853. The smallest absolute Gasteiger partial charge is 0.335 e. The Morgan fingerprint density at radius 1 is 1.35 bits per heavy atom. The lowest BCUT2D eigenvalue weighted by atomic mass is 10.2. The van der Waals surface area contributed by atoms with Gasteiger partial charge in [-0.15, -0.1) is 11.3 Å². The van der Waals surface area contributed by atoms with Gasteiger partial charge in [-0.05, 0) is 30.0 Å². The first-order valence-electron chi connectivity index (χ1n) is 6.12. The lowest BCUT2D eigenvalue weighted by molar-refractivity contribution is -0.121. The number of nitrogens with zero attached hydrogens (tertiary/aromatic N) is 1. The molecule has 0 radical (unpaired) electrons. The first-order chi connectivity index (χ1) is 9.65. The second-order valence-electron chi connectivity index (χ2n) is 4.20. The maximum Gasteiger partial charge on any atom is 0.335 e. The van der Waals surface area contributed by atoms with Crippen LogP contribution in [0, 0.1) is 0 Å². The third-order valence-corrected chi connectivity index (χ3v) is 3.64. The molecule has 2 aromatic heterocycles. The van der Waals surface area contributed by atoms with Gasteiger partial charge in [0.15, 0.2) is 0 Å². The molecule has 0 bridgehead atoms. The van der Waals surface area contributed by atoms with Crippen LogP contribution in [0.25, 0.3) is 0 Å². The molecule has 6 heteroatoms. The second kappa shape index (κ2) is 6.81. The van der Waals surface area contributed by atoms with Gasteiger partial charge in [-0.25, -0.2) is 4.79 Å². The monoisotopic (exact) mass is 290 g/mol. The van der Waals surface area contributed by atoms with E-state index in [4.69, 9.17) is 5.11 Å². The average Bonchev–Trinajstić information content (AvgIpc) is 2.96. The van der Waals surface area contributed by atoms with E-state index < -0.39 is 5.97 Å². The summed E-state index contributed by atoms with van der Waals surface area (Å²) in [5.74, 6) is -1.07. The predicted molar refractivity (Wildman–Crippen MR) is 75.7 cm³/mol. The number of aromatic nitrogens is 1. The van der Waals surface area contributed by atoms with E-state index >= 15 is 0 Å². The molecule has 1 amide bonds. The van der Waals surface area contributed by atoms with Gasteiger partial charge in [0.25, 0.3) is 0 Å². The number of carboxylic acid groups (broad SMARTS) is 1. The molecule has 0 unspecified atom stereocenters. The second-order valence-corrected chi connectivity index (χ2v) is 5.23. The first kappa shape index (κ1) is 14.2. The minimum atomic E-state index is -1.00. The molecule has 0 aliphatic rings. The molecule has 0 saturated heterocycles. The van der Waals surface area contributed by atoms with Crippen molar-refractivity contribution in [2.75, 3.05) is 0 Å². The van der Waals surface area contributed by atoms with Crippen molar-refractivity contribution in [1.82, 2.24) is 10.3 Å². The summed E-state index contributed by atoms with van der Waals surface area (Å²) in [6, 6.07) is 6.83. The van der Waals surface area contributed by atoms with Crippen LogP contribution in [0.4, 0.5) is 0 Å². The summed E-state index contributed by atoms with van der Waals surface area (Å²) in [5.41, 5.74) is 0.706. The van der Waals surface area contributed by atoms with Crippen LogP contribution in [0.15, 0.2) is 35.8 Å². The first-order valence-corrected chi connectivity index (χ1v) is 7.00. The fourth-order valence-corrected chi connectivity index (χ4v) is 2.39. The maximum absolute atomic E-state index is 11.7. The highest BCUT2D eigenvalue weighted by Gasteiger charge is 2.06. The molecular weight excluding hydrogens is 276 g/mol. The van der Waals surface area contributed by atoms with E-state index in [0.717, 1.165) is 0 Å². The topological polar surface area (TPSA) is 79.3 Å². The zero-order chi connectivity index (χ0) is 14.4. The van der Waals surface area contributed by atoms with Crippen LogP contribution >= 0.6 is 11.3 Å². The summed E-state index contributed by atoms with van der Waals surface area (Å²) in [6.45, 7) is 0.240. The molecule has 0 fully saturated rings. The minimum Gasteiger partial charge on any atom is -0.478 e. The van der Waals surface area contributed by atoms with Crippen LogP contribution in [-0.4, -0.2) is 22.0 Å². The largest absolute Gasteiger partial charge is 0.478 e. The molecule has 0 aliphatic carbocycles. The molecule has 20 heavy (non-hydrogen) atoms. The molecule has 5 nitrogen and oxygen atoms in total. The summed E-state index contributed by atoms with van der Waals surface area (Å²) in [7, 11) is 0. The van der Waals surface area contributed by atoms with Crippen LogP contribution in [0.2, 0.25) is 0 Å². The Labute approximate surface area is 120 Å². The molecule has 0 spiro atoms. The van der Waals surface area contributed by atoms with Crippen molar-refractivity contribution in [3.8, 4) is 0 Å². The SMILES string of the molecule is O=C(CCc1cccs1)NCc1cc(C(=O)O)ccn1. The van der Waals surface area contributed by atoms with Crippen molar-refractivity contribution < 1.29 is 14.7 Å². The standard InChI is InChI=1S/C14H14N2O3S/c17-13(4-3-12-2-1-7-20-12)16-9-11-8-10(14(18)19)5-6-15-11/h1-2,5-8H,3-4,9H2,(H,16,17)(H,18,19). The minimum absolute atomic E-state index is 0.0686. The molecule has 0 aliphatic heterocycles. The van der Waals surface area contributed by atoms with Gasteiger partial charge in [-0.2, -0.15) is 0 Å². The van der Waals surface area contributed by atoms with Gasteiger partial charge in [0.1, 0.15) is 0 Å². The summed E-state index contributed by atoms with van der Waals surface area (Å²) in [4.78, 5) is 27.7. The fraction of sp³-hybridized carbons (Fsp3) is 0.214. The number of carboxylic acids is 1. The number of carbonyl (C=O) groups excluding carboxylic acids is 1. The molecule has 2 rings (SSSR count). The van der Waals surface area contributed by atoms with Gasteiger partial charge < -0.3 is 10.4 Å². The van der Waals surface area contributed by atoms with Crippen LogP contribution in [0.3, 0.4) is 0 Å². The highest BCUT2D eigenvalue weighted by molar-refractivity contribution is 7.09. The highest BCUT2D eigenvalue weighted by atomic mass is 32.1. The highest BCUT2D eigenvalue weighted by Crippen LogP contribution is 2.10. The molecule has 2 N–H and O–H groups in total. The van der Waals surface area contributed by atoms with Gasteiger partial charge in [0, 0.05) is 17.5 Å². The summed E-state index contributed by atoms with van der Waals surface area (Å²) in [5, 5.41) is 13.6. The van der Waals surface area contributed by atoms with Gasteiger partial charge in [0.2, 0.25) is 5.91 Å². The van der Waals surface area contributed by atoms with Crippen molar-refractivity contribution in [3.63, 3.8) is 0 Å². The number of aryl methyl sites for hydroxylation is 1. The number of thiophene rings is 1. The van der Waals surface area contributed by atoms with Crippen molar-refractivity contribution in [3.05, 3.63) is 52.0 Å². The van der Waals surface area contributed by atoms with Crippen molar-refractivity contribution >= 4 is 23.2 Å². The van der Waals surface area contributed by atoms with Gasteiger partial charge in [-0.1, -0.05) is 6.07 Å². The molecule has 0 atom stereocenters. The van der Waals surface area contributed by atoms with E-state index in [1.165, 1.54) is 23.2 Å². The van der Waals surface area contributed by atoms with E-state index in [2.05, 4.69) is 10.3 Å². The van der Waals surface area contributed by atoms with Crippen LogP contribution in [-0.2, 0) is 17.8 Å². The lowest BCUT2D eigenvalue weighted by Gasteiger charge is -2.05. The molecule has 104 valence electrons. The van der Waals surface area contributed by atoms with Gasteiger partial charge in [0.05, 0.1) is 17.8 Å². The third-order valence-electron chi connectivity index (χ3n) is 2.71. The zero-order valence-corrected chi connectivity index (χ0v) is 11.5. The number of hydrogen-bond donors (Lipinski definition) is 2. The van der Waals surface area contributed by atoms with E-state index in [1.807, 2.05) is 17.5 Å². The molecule has 0 aromatic carbocycles. The Hall–Kier alpha value is -2.21. The van der Waals surface area contributed by atoms with E-state index in [0.29, 0.717) is 18.5 Å². The number of amides is 1. The normalized spacial score (nSPS) is 10.2. The van der Waals surface area contributed by atoms with Crippen molar-refractivity contribution in [2.24, 2.45) is 0 Å². The van der Waals surface area contributed by atoms with Crippen LogP contribution in [0.1, 0.15) is 27.3 Å². The number of carbonyl (C=O) groups is 2. The number of aromatic carboxylic acids is 1. The Kier molecular flexibility index (Phi) is 4.84. The zero-order valence-electron chi connectivity index (χ0n) is 10.7. The van der Waals surface area contributed by atoms with E-state index in [-0.39, 0.29) is 18.0 Å². The Morgan fingerprint density at radius 3 is 2.90 bits per heavy atom. The number of hydrogen-bond acceptors (Lipinski definition) is 4. The van der Waals surface area contributed by atoms with Crippen LogP contribution in [0.5, 0.6) is 0 Å². The molecular formula is C14H14N2O3S. The van der Waals surface area contributed by atoms with E-state index in [9.17, 15) is 9.59 Å².